The van der Waals surface area contributed by atoms with E-state index >= 15 is 0 Å². The highest BCUT2D eigenvalue weighted by molar-refractivity contribution is 6.30. The molecule has 0 atom stereocenters. The largest absolute Gasteiger partial charge is 0.507 e. The molecule has 1 aliphatic carbocycles. The summed E-state index contributed by atoms with van der Waals surface area (Å²) in [5, 5.41) is 16.4. The molecule has 3 N–H and O–H groups in total. The molecule has 1 aromatic rings. The van der Waals surface area contributed by atoms with Crippen LogP contribution in [0, 0.1) is 0 Å². The smallest absolute Gasteiger partial charge is 0.255 e. The summed E-state index contributed by atoms with van der Waals surface area (Å²) in [4.78, 5) is 11.9. The van der Waals surface area contributed by atoms with Crippen molar-refractivity contribution in [3.63, 3.8) is 0 Å². The standard InChI is InChI=1S/C16H23ClN2O2/c17-12-7-8-14(15(20)11-12)16(21)19-10-9-18-13-5-3-1-2-4-6-13/h7-8,11,13,18,20H,1-6,9-10H2,(H,19,21). The van der Waals surface area contributed by atoms with Gasteiger partial charge in [0.1, 0.15) is 5.75 Å². The van der Waals surface area contributed by atoms with Crippen LogP contribution in [0.15, 0.2) is 18.2 Å². The Balaban J connectivity index is 1.71. The van der Waals surface area contributed by atoms with Gasteiger partial charge in [-0.25, -0.2) is 0 Å². The number of carbonyl (C=O) groups is 1. The number of halogens is 1. The molecule has 1 aromatic carbocycles. The first-order valence-electron chi connectivity index (χ1n) is 7.67. The Morgan fingerprint density at radius 2 is 1.90 bits per heavy atom. The maximum atomic E-state index is 11.9. The molecule has 0 radical (unpaired) electrons. The molecule has 0 bridgehead atoms. The Hall–Kier alpha value is -1.26. The SMILES string of the molecule is O=C(NCCNC1CCCCCC1)c1ccc(Cl)cc1O. The molecule has 0 aliphatic heterocycles. The number of hydrogen-bond donors (Lipinski definition) is 3. The van der Waals surface area contributed by atoms with E-state index in [1.165, 1.54) is 50.7 Å². The van der Waals surface area contributed by atoms with Crippen molar-refractivity contribution in [3.05, 3.63) is 28.8 Å². The third-order valence-electron chi connectivity index (χ3n) is 3.90. The second kappa shape index (κ2) is 8.25. The average Bonchev–Trinajstić information content (AvgIpc) is 2.72. The van der Waals surface area contributed by atoms with Crippen LogP contribution >= 0.6 is 11.6 Å². The Labute approximate surface area is 130 Å². The van der Waals surface area contributed by atoms with Crippen LogP contribution in [-0.2, 0) is 0 Å². The fourth-order valence-electron chi connectivity index (χ4n) is 2.73. The quantitative estimate of drug-likeness (QED) is 0.578. The number of hydrogen-bond acceptors (Lipinski definition) is 3. The van der Waals surface area contributed by atoms with E-state index < -0.39 is 0 Å². The molecule has 2 rings (SSSR count). The molecule has 0 spiro atoms. The van der Waals surface area contributed by atoms with E-state index in [0.717, 1.165) is 6.54 Å². The molecule has 116 valence electrons. The van der Waals surface area contributed by atoms with E-state index in [0.29, 0.717) is 17.6 Å². The minimum Gasteiger partial charge on any atom is -0.507 e. The van der Waals surface area contributed by atoms with Crippen molar-refractivity contribution in [3.8, 4) is 5.75 Å². The van der Waals surface area contributed by atoms with Crippen LogP contribution in [-0.4, -0.2) is 30.1 Å². The fraction of sp³-hybridized carbons (Fsp3) is 0.562. The lowest BCUT2D eigenvalue weighted by Gasteiger charge is -2.16. The highest BCUT2D eigenvalue weighted by Crippen LogP contribution is 2.21. The Morgan fingerprint density at radius 1 is 1.19 bits per heavy atom. The van der Waals surface area contributed by atoms with Crippen LogP contribution in [0.3, 0.4) is 0 Å². The van der Waals surface area contributed by atoms with Crippen molar-refractivity contribution in [2.45, 2.75) is 44.6 Å². The van der Waals surface area contributed by atoms with Gasteiger partial charge in [0.05, 0.1) is 5.56 Å². The van der Waals surface area contributed by atoms with Gasteiger partial charge in [0.15, 0.2) is 0 Å². The molecule has 0 unspecified atom stereocenters. The highest BCUT2D eigenvalue weighted by Gasteiger charge is 2.13. The summed E-state index contributed by atoms with van der Waals surface area (Å²) in [6, 6.07) is 5.08. The third kappa shape index (κ3) is 5.21. The number of phenolic OH excluding ortho intramolecular Hbond substituents is 1. The van der Waals surface area contributed by atoms with Gasteiger partial charge in [-0.1, -0.05) is 37.3 Å². The number of rotatable bonds is 5. The molecule has 0 heterocycles. The molecular weight excluding hydrogens is 288 g/mol. The summed E-state index contributed by atoms with van der Waals surface area (Å²) in [6.07, 6.45) is 7.72. The Morgan fingerprint density at radius 3 is 2.57 bits per heavy atom. The van der Waals surface area contributed by atoms with Crippen LogP contribution in [0.1, 0.15) is 48.9 Å². The number of nitrogens with one attached hydrogen (secondary N) is 2. The Bertz CT molecular complexity index is 471. The van der Waals surface area contributed by atoms with Crippen molar-refractivity contribution in [2.75, 3.05) is 13.1 Å². The van der Waals surface area contributed by atoms with E-state index in [2.05, 4.69) is 10.6 Å². The zero-order valence-corrected chi connectivity index (χ0v) is 13.0. The first kappa shape index (κ1) is 16.1. The monoisotopic (exact) mass is 310 g/mol. The molecular formula is C16H23ClN2O2. The lowest BCUT2D eigenvalue weighted by atomic mass is 10.1. The number of benzene rings is 1. The molecule has 0 saturated heterocycles. The molecule has 5 heteroatoms. The molecule has 1 saturated carbocycles. The maximum absolute atomic E-state index is 11.9. The Kier molecular flexibility index (Phi) is 6.33. The number of amides is 1. The highest BCUT2D eigenvalue weighted by atomic mass is 35.5. The zero-order valence-electron chi connectivity index (χ0n) is 12.2. The third-order valence-corrected chi connectivity index (χ3v) is 4.14. The summed E-state index contributed by atoms with van der Waals surface area (Å²) in [6.45, 7) is 1.31. The molecule has 0 aromatic heterocycles. The summed E-state index contributed by atoms with van der Waals surface area (Å²) >= 11 is 5.75. The number of aromatic hydroxyl groups is 1. The van der Waals surface area contributed by atoms with Gasteiger partial charge in [0, 0.05) is 24.2 Å². The van der Waals surface area contributed by atoms with Gasteiger partial charge in [-0.15, -0.1) is 0 Å². The summed E-state index contributed by atoms with van der Waals surface area (Å²) in [7, 11) is 0. The predicted octanol–water partition coefficient (Wildman–Crippen LogP) is 3.09. The lowest BCUT2D eigenvalue weighted by Crippen LogP contribution is -2.36. The molecule has 1 aliphatic rings. The molecule has 4 nitrogen and oxygen atoms in total. The van der Waals surface area contributed by atoms with E-state index in [1.54, 1.807) is 6.07 Å². The zero-order chi connectivity index (χ0) is 15.1. The maximum Gasteiger partial charge on any atom is 0.255 e. The van der Waals surface area contributed by atoms with Crippen molar-refractivity contribution in [1.82, 2.24) is 10.6 Å². The summed E-state index contributed by atoms with van der Waals surface area (Å²) in [5.74, 6) is -0.358. The second-order valence-electron chi connectivity index (χ2n) is 5.56. The van der Waals surface area contributed by atoms with Crippen molar-refractivity contribution in [2.24, 2.45) is 0 Å². The molecule has 1 fully saturated rings. The van der Waals surface area contributed by atoms with Gasteiger partial charge in [-0.3, -0.25) is 4.79 Å². The van der Waals surface area contributed by atoms with Gasteiger partial charge in [0.25, 0.3) is 5.91 Å². The van der Waals surface area contributed by atoms with Gasteiger partial charge >= 0.3 is 0 Å². The molecule has 1 amide bonds. The van der Waals surface area contributed by atoms with Gasteiger partial charge in [0.2, 0.25) is 0 Å². The van der Waals surface area contributed by atoms with Crippen molar-refractivity contribution < 1.29 is 9.90 Å². The van der Waals surface area contributed by atoms with E-state index in [4.69, 9.17) is 11.6 Å². The van der Waals surface area contributed by atoms with E-state index in [-0.39, 0.29) is 17.2 Å². The average molecular weight is 311 g/mol. The van der Waals surface area contributed by atoms with Crippen LogP contribution in [0.5, 0.6) is 5.75 Å². The van der Waals surface area contributed by atoms with E-state index in [1.807, 2.05) is 0 Å². The summed E-state index contributed by atoms with van der Waals surface area (Å²) in [5.41, 5.74) is 0.258. The van der Waals surface area contributed by atoms with E-state index in [9.17, 15) is 9.90 Å². The first-order valence-corrected chi connectivity index (χ1v) is 8.04. The number of phenols is 1. The van der Waals surface area contributed by atoms with Gasteiger partial charge in [-0.2, -0.15) is 0 Å². The normalized spacial score (nSPS) is 16.4. The fourth-order valence-corrected chi connectivity index (χ4v) is 2.89. The number of carbonyl (C=O) groups excluding carboxylic acids is 1. The van der Waals surface area contributed by atoms with Gasteiger partial charge in [-0.05, 0) is 31.0 Å². The van der Waals surface area contributed by atoms with Crippen LogP contribution in [0.4, 0.5) is 0 Å². The summed E-state index contributed by atoms with van der Waals surface area (Å²) < 4.78 is 0. The topological polar surface area (TPSA) is 61.4 Å². The second-order valence-corrected chi connectivity index (χ2v) is 6.00. The lowest BCUT2D eigenvalue weighted by molar-refractivity contribution is 0.0951. The van der Waals surface area contributed by atoms with Crippen molar-refractivity contribution in [1.29, 1.82) is 0 Å². The van der Waals surface area contributed by atoms with Crippen LogP contribution in [0.2, 0.25) is 5.02 Å². The van der Waals surface area contributed by atoms with Crippen LogP contribution < -0.4 is 10.6 Å². The predicted molar refractivity (Wildman–Crippen MR) is 84.9 cm³/mol. The first-order chi connectivity index (χ1) is 10.2. The van der Waals surface area contributed by atoms with Gasteiger partial charge < -0.3 is 15.7 Å². The minimum atomic E-state index is -0.271. The van der Waals surface area contributed by atoms with Crippen molar-refractivity contribution >= 4 is 17.5 Å². The minimum absolute atomic E-state index is 0.0864. The van der Waals surface area contributed by atoms with Crippen LogP contribution in [0.25, 0.3) is 0 Å². The molecule has 21 heavy (non-hydrogen) atoms.